The number of fused-ring (bicyclic) bond motifs is 1. The third-order valence-electron chi connectivity index (χ3n) is 5.15. The third kappa shape index (κ3) is 5.19. The molecule has 3 rings (SSSR count). The van der Waals surface area contributed by atoms with Crippen molar-refractivity contribution in [3.05, 3.63) is 46.9 Å². The van der Waals surface area contributed by atoms with Crippen LogP contribution in [0.1, 0.15) is 30.2 Å². The Morgan fingerprint density at radius 2 is 2.06 bits per heavy atom. The quantitative estimate of drug-likeness (QED) is 0.568. The number of aryl methyl sites for hydroxylation is 2. The Kier molecular flexibility index (Phi) is 7.22. The molecule has 7 nitrogen and oxygen atoms in total. The van der Waals surface area contributed by atoms with Gasteiger partial charge in [-0.2, -0.15) is 10.1 Å². The third-order valence-corrected chi connectivity index (χ3v) is 5.15. The molecule has 0 saturated heterocycles. The molecule has 2 heterocycles. The molecule has 31 heavy (non-hydrogen) atoms. The van der Waals surface area contributed by atoms with Gasteiger partial charge in [-0.3, -0.25) is 4.79 Å². The second-order valence-electron chi connectivity index (χ2n) is 7.78. The molecule has 2 aromatic heterocycles. The molecule has 0 aliphatic heterocycles. The number of carbonyl (C=O) groups excluding carboxylic acids is 1. The van der Waals surface area contributed by atoms with Gasteiger partial charge in [-0.05, 0) is 65.0 Å². The first kappa shape index (κ1) is 22.7. The molecule has 8 heteroatoms. The fourth-order valence-electron chi connectivity index (χ4n) is 3.62. The van der Waals surface area contributed by atoms with Gasteiger partial charge in [0, 0.05) is 30.5 Å². The van der Waals surface area contributed by atoms with Crippen molar-refractivity contribution in [2.24, 2.45) is 0 Å². The summed E-state index contributed by atoms with van der Waals surface area (Å²) in [6, 6.07) is 6.26. The Morgan fingerprint density at radius 3 is 2.74 bits per heavy atom. The predicted octanol–water partition coefficient (Wildman–Crippen LogP) is 3.19. The van der Waals surface area contributed by atoms with Gasteiger partial charge in [-0.1, -0.05) is 6.07 Å². The molecule has 1 N–H and O–H groups in total. The minimum absolute atomic E-state index is 0.00373. The maximum atomic E-state index is 13.8. The first-order valence-electron chi connectivity index (χ1n) is 10.5. The van der Waals surface area contributed by atoms with Gasteiger partial charge in [0.25, 0.3) is 0 Å². The van der Waals surface area contributed by atoms with E-state index in [0.717, 1.165) is 28.8 Å². The summed E-state index contributed by atoms with van der Waals surface area (Å²) in [7, 11) is 3.94. The summed E-state index contributed by atoms with van der Waals surface area (Å²) in [6.07, 6.45) is 0.862. The Labute approximate surface area is 182 Å². The second-order valence-corrected chi connectivity index (χ2v) is 7.78. The van der Waals surface area contributed by atoms with Crippen molar-refractivity contribution in [2.75, 3.05) is 33.8 Å². The van der Waals surface area contributed by atoms with E-state index >= 15 is 0 Å². The number of ether oxygens (including phenoxy) is 1. The molecular formula is C23H30FN5O2. The van der Waals surface area contributed by atoms with Crippen molar-refractivity contribution < 1.29 is 13.9 Å². The molecule has 0 fully saturated rings. The molecule has 1 aromatic carbocycles. The number of pyridine rings is 1. The highest BCUT2D eigenvalue weighted by Gasteiger charge is 2.20. The van der Waals surface area contributed by atoms with Crippen LogP contribution in [0.2, 0.25) is 0 Å². The number of carbonyl (C=O) groups is 1. The molecule has 166 valence electrons. The molecule has 1 amide bonds. The van der Waals surface area contributed by atoms with Crippen LogP contribution in [0.4, 0.5) is 4.39 Å². The summed E-state index contributed by atoms with van der Waals surface area (Å²) in [5.41, 5.74) is 3.89. The Balaban J connectivity index is 1.95. The highest BCUT2D eigenvalue weighted by Crippen LogP contribution is 2.32. The van der Waals surface area contributed by atoms with Gasteiger partial charge in [0.1, 0.15) is 5.82 Å². The molecule has 0 unspecified atom stereocenters. The number of likely N-dealkylation sites (N-methyl/N-ethyl adjacent to an activating group) is 1. The maximum Gasteiger partial charge on any atom is 0.220 e. The molecule has 0 saturated carbocycles. The number of amides is 1. The van der Waals surface area contributed by atoms with Crippen molar-refractivity contribution in [1.82, 2.24) is 25.0 Å². The normalized spacial score (nSPS) is 11.3. The Bertz CT molecular complexity index is 1080. The summed E-state index contributed by atoms with van der Waals surface area (Å²) in [5, 5.41) is 8.44. The molecule has 0 atom stereocenters. The van der Waals surface area contributed by atoms with Crippen molar-refractivity contribution in [2.45, 2.75) is 33.6 Å². The maximum absolute atomic E-state index is 13.8. The zero-order chi connectivity index (χ0) is 22.5. The largest absolute Gasteiger partial charge is 0.478 e. The van der Waals surface area contributed by atoms with E-state index in [4.69, 9.17) is 9.72 Å². The van der Waals surface area contributed by atoms with Gasteiger partial charge in [0.2, 0.25) is 11.8 Å². The SMILES string of the molecule is CCOc1nc2c(c(C)nn2-c2cccc(F)c2)c(C)c1CCC(=O)NCCN(C)C. The molecule has 0 spiro atoms. The van der Waals surface area contributed by atoms with Crippen LogP contribution in [0.25, 0.3) is 16.7 Å². The fourth-order valence-corrected chi connectivity index (χ4v) is 3.62. The van der Waals surface area contributed by atoms with Crippen LogP contribution in [-0.4, -0.2) is 59.4 Å². The Hall–Kier alpha value is -3.00. The van der Waals surface area contributed by atoms with Crippen LogP contribution in [-0.2, 0) is 11.2 Å². The number of aromatic nitrogens is 3. The zero-order valence-electron chi connectivity index (χ0n) is 18.8. The van der Waals surface area contributed by atoms with Crippen molar-refractivity contribution >= 4 is 16.9 Å². The van der Waals surface area contributed by atoms with Gasteiger partial charge in [-0.15, -0.1) is 0 Å². The number of hydrogen-bond donors (Lipinski definition) is 1. The van der Waals surface area contributed by atoms with Gasteiger partial charge in [0.15, 0.2) is 5.65 Å². The molecule has 0 aliphatic carbocycles. The van der Waals surface area contributed by atoms with Crippen molar-refractivity contribution in [1.29, 1.82) is 0 Å². The van der Waals surface area contributed by atoms with E-state index in [9.17, 15) is 9.18 Å². The van der Waals surface area contributed by atoms with E-state index in [1.807, 2.05) is 39.8 Å². The van der Waals surface area contributed by atoms with Crippen LogP contribution in [0.15, 0.2) is 24.3 Å². The molecule has 0 aliphatic rings. The number of rotatable bonds is 9. The highest BCUT2D eigenvalue weighted by molar-refractivity contribution is 5.86. The topological polar surface area (TPSA) is 72.3 Å². The number of nitrogens with zero attached hydrogens (tertiary/aromatic N) is 4. The molecule has 3 aromatic rings. The van der Waals surface area contributed by atoms with Crippen LogP contribution >= 0.6 is 0 Å². The first-order chi connectivity index (χ1) is 14.8. The second kappa shape index (κ2) is 9.87. The molecular weight excluding hydrogens is 397 g/mol. The minimum Gasteiger partial charge on any atom is -0.478 e. The lowest BCUT2D eigenvalue weighted by molar-refractivity contribution is -0.121. The summed E-state index contributed by atoms with van der Waals surface area (Å²) in [5.74, 6) is 0.152. The summed E-state index contributed by atoms with van der Waals surface area (Å²) < 4.78 is 21.3. The summed E-state index contributed by atoms with van der Waals surface area (Å²) >= 11 is 0. The lowest BCUT2D eigenvalue weighted by atomic mass is 10.0. The molecule has 0 bridgehead atoms. The van der Waals surface area contributed by atoms with Gasteiger partial charge >= 0.3 is 0 Å². The minimum atomic E-state index is -0.336. The van der Waals surface area contributed by atoms with Crippen molar-refractivity contribution in [3.63, 3.8) is 0 Å². The van der Waals surface area contributed by atoms with E-state index in [1.54, 1.807) is 16.8 Å². The van der Waals surface area contributed by atoms with Gasteiger partial charge in [0.05, 0.1) is 18.0 Å². The van der Waals surface area contributed by atoms with E-state index < -0.39 is 0 Å². The average Bonchev–Trinajstić information content (AvgIpc) is 3.04. The van der Waals surface area contributed by atoms with E-state index in [0.29, 0.717) is 43.2 Å². The lowest BCUT2D eigenvalue weighted by Crippen LogP contribution is -2.31. The van der Waals surface area contributed by atoms with Crippen LogP contribution in [0, 0.1) is 19.7 Å². The lowest BCUT2D eigenvalue weighted by Gasteiger charge is -2.14. The van der Waals surface area contributed by atoms with Crippen LogP contribution < -0.4 is 10.1 Å². The first-order valence-corrected chi connectivity index (χ1v) is 10.5. The smallest absolute Gasteiger partial charge is 0.220 e. The molecule has 0 radical (unpaired) electrons. The van der Waals surface area contributed by atoms with Crippen LogP contribution in [0.3, 0.4) is 0 Å². The highest BCUT2D eigenvalue weighted by atomic mass is 19.1. The van der Waals surface area contributed by atoms with E-state index in [-0.39, 0.29) is 11.7 Å². The Morgan fingerprint density at radius 1 is 1.29 bits per heavy atom. The standard InChI is InChI=1S/C23H30FN5O2/c1-6-31-23-19(10-11-20(30)25-12-13-28(4)5)15(2)21-16(3)27-29(22(21)26-23)18-9-7-8-17(24)14-18/h7-9,14H,6,10-13H2,1-5H3,(H,25,30). The predicted molar refractivity (Wildman–Crippen MR) is 119 cm³/mol. The van der Waals surface area contributed by atoms with Gasteiger partial charge < -0.3 is 15.0 Å². The summed E-state index contributed by atoms with van der Waals surface area (Å²) in [6.45, 7) is 7.66. The number of benzene rings is 1. The fraction of sp³-hybridized carbons (Fsp3) is 0.435. The van der Waals surface area contributed by atoms with Crippen molar-refractivity contribution in [3.8, 4) is 11.6 Å². The monoisotopic (exact) mass is 427 g/mol. The number of halogens is 1. The van der Waals surface area contributed by atoms with E-state index in [2.05, 4.69) is 10.4 Å². The average molecular weight is 428 g/mol. The van der Waals surface area contributed by atoms with Crippen LogP contribution in [0.5, 0.6) is 5.88 Å². The number of nitrogens with one attached hydrogen (secondary N) is 1. The zero-order valence-corrected chi connectivity index (χ0v) is 18.8. The van der Waals surface area contributed by atoms with E-state index in [1.165, 1.54) is 12.1 Å². The van der Waals surface area contributed by atoms with Gasteiger partial charge in [-0.25, -0.2) is 9.07 Å². The summed E-state index contributed by atoms with van der Waals surface area (Å²) in [4.78, 5) is 19.0. The number of hydrogen-bond acceptors (Lipinski definition) is 5.